The number of piperidine rings is 1. The van der Waals surface area contributed by atoms with E-state index in [0.717, 1.165) is 37.4 Å². The highest BCUT2D eigenvalue weighted by Crippen LogP contribution is 2.36. The minimum Gasteiger partial charge on any atom is -0.356 e. The first-order valence-electron chi connectivity index (χ1n) is 9.48. The molecule has 2 aromatic heterocycles. The first-order chi connectivity index (χ1) is 12.6. The minimum absolute atomic E-state index is 0.0820. The molecule has 1 saturated heterocycles. The Hall–Kier alpha value is -2.44. The fourth-order valence-corrected chi connectivity index (χ4v) is 3.65. The van der Waals surface area contributed by atoms with Gasteiger partial charge in [-0.05, 0) is 38.7 Å². The molecule has 0 atom stereocenters. The van der Waals surface area contributed by atoms with Gasteiger partial charge in [0.05, 0.1) is 0 Å². The molecular weight excluding hydrogens is 328 g/mol. The van der Waals surface area contributed by atoms with Gasteiger partial charge in [0.15, 0.2) is 0 Å². The van der Waals surface area contributed by atoms with Crippen LogP contribution in [0.2, 0.25) is 0 Å². The summed E-state index contributed by atoms with van der Waals surface area (Å²) in [5.74, 6) is 1.56. The van der Waals surface area contributed by atoms with Gasteiger partial charge in [-0.2, -0.15) is 5.10 Å². The van der Waals surface area contributed by atoms with Crippen molar-refractivity contribution in [3.05, 3.63) is 35.5 Å². The maximum atomic E-state index is 12.4. The van der Waals surface area contributed by atoms with Gasteiger partial charge >= 0.3 is 0 Å². The smallest absolute Gasteiger partial charge is 0.272 e. The molecule has 0 bridgehead atoms. The molecular formula is C19H26N6O. The number of carbonyl (C=O) groups excluding carboxylic acids is 1. The Labute approximate surface area is 153 Å². The van der Waals surface area contributed by atoms with E-state index in [9.17, 15) is 4.79 Å². The molecule has 7 heteroatoms. The summed E-state index contributed by atoms with van der Waals surface area (Å²) < 4.78 is 1.73. The Morgan fingerprint density at radius 3 is 2.54 bits per heavy atom. The third kappa shape index (κ3) is 3.43. The average Bonchev–Trinajstić information content (AvgIpc) is 2.94. The summed E-state index contributed by atoms with van der Waals surface area (Å²) in [5, 5.41) is 7.38. The van der Waals surface area contributed by atoms with Gasteiger partial charge in [-0.15, -0.1) is 0 Å². The largest absolute Gasteiger partial charge is 0.356 e. The second-order valence-corrected chi connectivity index (χ2v) is 7.46. The van der Waals surface area contributed by atoms with E-state index in [1.807, 2.05) is 20.0 Å². The van der Waals surface area contributed by atoms with Crippen molar-refractivity contribution in [2.75, 3.05) is 18.0 Å². The summed E-state index contributed by atoms with van der Waals surface area (Å²) in [7, 11) is 1.85. The number of anilines is 1. The molecule has 0 radical (unpaired) electrons. The van der Waals surface area contributed by atoms with Crippen molar-refractivity contribution in [1.82, 2.24) is 25.1 Å². The molecule has 7 nitrogen and oxygen atoms in total. The highest BCUT2D eigenvalue weighted by molar-refractivity contribution is 5.92. The van der Waals surface area contributed by atoms with Crippen molar-refractivity contribution in [2.24, 2.45) is 7.05 Å². The predicted octanol–water partition coefficient (Wildman–Crippen LogP) is 2.18. The normalized spacial score (nSPS) is 18.6. The van der Waals surface area contributed by atoms with E-state index in [0.29, 0.717) is 11.6 Å². The van der Waals surface area contributed by atoms with Crippen molar-refractivity contribution in [1.29, 1.82) is 0 Å². The zero-order valence-corrected chi connectivity index (χ0v) is 15.5. The first-order valence-corrected chi connectivity index (χ1v) is 9.48. The van der Waals surface area contributed by atoms with Gasteiger partial charge in [0.1, 0.15) is 17.8 Å². The Morgan fingerprint density at radius 2 is 1.92 bits per heavy atom. The summed E-state index contributed by atoms with van der Waals surface area (Å²) in [6, 6.07) is 4.17. The van der Waals surface area contributed by atoms with Gasteiger partial charge in [-0.3, -0.25) is 9.48 Å². The number of hydrogen-bond donors (Lipinski definition) is 1. The average molecular weight is 354 g/mol. The molecule has 4 rings (SSSR count). The molecule has 1 saturated carbocycles. The lowest BCUT2D eigenvalue weighted by Gasteiger charge is -2.33. The Kier molecular flexibility index (Phi) is 4.61. The topological polar surface area (TPSA) is 75.9 Å². The van der Waals surface area contributed by atoms with Crippen LogP contribution in [0.3, 0.4) is 0 Å². The van der Waals surface area contributed by atoms with Gasteiger partial charge in [0, 0.05) is 49.6 Å². The lowest BCUT2D eigenvalue weighted by molar-refractivity contribution is 0.0925. The second-order valence-electron chi connectivity index (χ2n) is 7.46. The molecule has 2 aliphatic rings. The summed E-state index contributed by atoms with van der Waals surface area (Å²) >= 11 is 0. The number of nitrogens with one attached hydrogen (secondary N) is 1. The third-order valence-electron chi connectivity index (χ3n) is 5.70. The van der Waals surface area contributed by atoms with Crippen LogP contribution in [0.5, 0.6) is 0 Å². The summed E-state index contributed by atoms with van der Waals surface area (Å²) in [6.07, 6.45) is 7.33. The van der Waals surface area contributed by atoms with Gasteiger partial charge in [0.2, 0.25) is 0 Å². The molecule has 1 N–H and O–H groups in total. The number of amides is 1. The number of rotatable bonds is 4. The second kappa shape index (κ2) is 7.05. The molecule has 138 valence electrons. The minimum atomic E-state index is -0.0820. The number of hydrogen-bond acceptors (Lipinski definition) is 5. The van der Waals surface area contributed by atoms with Crippen LogP contribution in [0.4, 0.5) is 5.82 Å². The maximum absolute atomic E-state index is 12.4. The molecule has 0 aromatic carbocycles. The Balaban J connectivity index is 1.33. The third-order valence-corrected chi connectivity index (χ3v) is 5.70. The van der Waals surface area contributed by atoms with E-state index in [1.165, 1.54) is 25.0 Å². The lowest BCUT2D eigenvalue weighted by Crippen LogP contribution is -2.45. The number of aromatic nitrogens is 4. The van der Waals surface area contributed by atoms with Crippen LogP contribution in [0.25, 0.3) is 0 Å². The van der Waals surface area contributed by atoms with Crippen LogP contribution in [0, 0.1) is 6.92 Å². The van der Waals surface area contributed by atoms with E-state index >= 15 is 0 Å². The van der Waals surface area contributed by atoms with E-state index in [4.69, 9.17) is 0 Å². The molecule has 2 fully saturated rings. The quantitative estimate of drug-likeness (QED) is 0.911. The maximum Gasteiger partial charge on any atom is 0.272 e. The summed E-state index contributed by atoms with van der Waals surface area (Å²) in [5.41, 5.74) is 2.66. The van der Waals surface area contributed by atoms with Gasteiger partial charge in [-0.1, -0.05) is 6.42 Å². The van der Waals surface area contributed by atoms with E-state index in [1.54, 1.807) is 11.0 Å². The molecule has 2 aromatic rings. The van der Waals surface area contributed by atoms with E-state index < -0.39 is 0 Å². The molecule has 1 aliphatic carbocycles. The fraction of sp³-hybridized carbons (Fsp3) is 0.579. The molecule has 1 aliphatic heterocycles. The van der Waals surface area contributed by atoms with Gasteiger partial charge < -0.3 is 10.2 Å². The van der Waals surface area contributed by atoms with Crippen molar-refractivity contribution < 1.29 is 4.79 Å². The Bertz CT molecular complexity index is 770. The number of carbonyl (C=O) groups is 1. The van der Waals surface area contributed by atoms with Crippen LogP contribution in [0.15, 0.2) is 18.5 Å². The molecule has 3 heterocycles. The molecule has 1 amide bonds. The van der Waals surface area contributed by atoms with E-state index in [-0.39, 0.29) is 11.9 Å². The van der Waals surface area contributed by atoms with Crippen LogP contribution in [0.1, 0.15) is 59.9 Å². The fourth-order valence-electron chi connectivity index (χ4n) is 3.65. The highest BCUT2D eigenvalue weighted by Gasteiger charge is 2.25. The standard InChI is InChI=1S/C19H26N6O/c1-13-10-17(23-24(13)2)19(26)22-15-6-8-25(9-7-15)18-11-16(20-12-21-18)14-4-3-5-14/h10-12,14-15H,3-9H2,1-2H3,(H,22,26). The van der Waals surface area contributed by atoms with Crippen molar-refractivity contribution >= 4 is 11.7 Å². The van der Waals surface area contributed by atoms with Crippen molar-refractivity contribution in [3.8, 4) is 0 Å². The van der Waals surface area contributed by atoms with Crippen LogP contribution in [-0.4, -0.2) is 44.8 Å². The monoisotopic (exact) mass is 354 g/mol. The molecule has 26 heavy (non-hydrogen) atoms. The van der Waals surface area contributed by atoms with Gasteiger partial charge in [0.25, 0.3) is 5.91 Å². The zero-order chi connectivity index (χ0) is 18.1. The first kappa shape index (κ1) is 17.0. The SMILES string of the molecule is Cc1cc(C(=O)NC2CCN(c3cc(C4CCC4)ncn3)CC2)nn1C. The van der Waals surface area contributed by atoms with Crippen LogP contribution < -0.4 is 10.2 Å². The Morgan fingerprint density at radius 1 is 1.15 bits per heavy atom. The summed E-state index contributed by atoms with van der Waals surface area (Å²) in [6.45, 7) is 3.74. The zero-order valence-electron chi connectivity index (χ0n) is 15.5. The predicted molar refractivity (Wildman–Crippen MR) is 99.3 cm³/mol. The van der Waals surface area contributed by atoms with Crippen molar-refractivity contribution in [2.45, 2.75) is 51.0 Å². The van der Waals surface area contributed by atoms with E-state index in [2.05, 4.69) is 31.3 Å². The van der Waals surface area contributed by atoms with Crippen LogP contribution >= 0.6 is 0 Å². The highest BCUT2D eigenvalue weighted by atomic mass is 16.2. The van der Waals surface area contributed by atoms with Crippen molar-refractivity contribution in [3.63, 3.8) is 0 Å². The molecule has 0 spiro atoms. The summed E-state index contributed by atoms with van der Waals surface area (Å²) in [4.78, 5) is 23.6. The lowest BCUT2D eigenvalue weighted by atomic mass is 9.83. The number of nitrogens with zero attached hydrogens (tertiary/aromatic N) is 5. The molecule has 0 unspecified atom stereocenters. The number of aryl methyl sites for hydroxylation is 2. The van der Waals surface area contributed by atoms with Gasteiger partial charge in [-0.25, -0.2) is 9.97 Å². The van der Waals surface area contributed by atoms with Crippen LogP contribution in [-0.2, 0) is 7.05 Å².